The fourth-order valence-corrected chi connectivity index (χ4v) is 3.26. The largest absolute Gasteiger partial charge is 0.320 e. The minimum Gasteiger partial charge on any atom is -0.320 e. The van der Waals surface area contributed by atoms with Gasteiger partial charge >= 0.3 is 0 Å². The van der Waals surface area contributed by atoms with Crippen LogP contribution in [0, 0.1) is 0 Å². The van der Waals surface area contributed by atoms with E-state index in [4.69, 9.17) is 0 Å². The minimum atomic E-state index is -0.196. The zero-order valence-corrected chi connectivity index (χ0v) is 14.0. The Balaban J connectivity index is 1.58. The summed E-state index contributed by atoms with van der Waals surface area (Å²) >= 11 is 1.37. The molecule has 0 bridgehead atoms. The number of carbonyl (C=O) groups excluding carboxylic acids is 1. The fourth-order valence-electron chi connectivity index (χ4n) is 2.48. The van der Waals surface area contributed by atoms with E-state index in [1.54, 1.807) is 0 Å². The quantitative estimate of drug-likeness (QED) is 0.874. The van der Waals surface area contributed by atoms with Crippen molar-refractivity contribution < 1.29 is 4.79 Å². The smallest absolute Gasteiger partial charge is 0.286 e. The van der Waals surface area contributed by atoms with Gasteiger partial charge in [-0.15, -0.1) is 10.2 Å². The molecule has 2 heterocycles. The van der Waals surface area contributed by atoms with Crippen LogP contribution in [0.5, 0.6) is 0 Å². The van der Waals surface area contributed by atoms with Crippen molar-refractivity contribution in [3.63, 3.8) is 0 Å². The van der Waals surface area contributed by atoms with Gasteiger partial charge in [-0.1, -0.05) is 30.4 Å². The van der Waals surface area contributed by atoms with Crippen LogP contribution in [0.15, 0.2) is 24.3 Å². The highest BCUT2D eigenvalue weighted by molar-refractivity contribution is 7.13. The molecule has 0 unspecified atom stereocenters. The third-order valence-electron chi connectivity index (χ3n) is 3.85. The molecule has 0 atom stereocenters. The molecule has 7 heteroatoms. The summed E-state index contributed by atoms with van der Waals surface area (Å²) in [7, 11) is 0. The summed E-state index contributed by atoms with van der Waals surface area (Å²) in [6, 6.07) is 7.87. The van der Waals surface area contributed by atoms with Crippen LogP contribution in [0.4, 0.5) is 5.69 Å². The Labute approximate surface area is 139 Å². The van der Waals surface area contributed by atoms with Crippen LogP contribution in [0.2, 0.25) is 0 Å². The van der Waals surface area contributed by atoms with Crippen molar-refractivity contribution in [2.75, 3.05) is 31.5 Å². The number of anilines is 1. The molecule has 1 aliphatic heterocycles. The lowest BCUT2D eigenvalue weighted by atomic mass is 10.1. The zero-order valence-electron chi connectivity index (χ0n) is 13.2. The number of aromatic nitrogens is 2. The third-order valence-corrected chi connectivity index (χ3v) is 4.76. The molecule has 2 N–H and O–H groups in total. The number of rotatable bonds is 5. The molecule has 0 aliphatic carbocycles. The summed E-state index contributed by atoms with van der Waals surface area (Å²) in [4.78, 5) is 14.6. The average molecular weight is 331 g/mol. The van der Waals surface area contributed by atoms with Gasteiger partial charge in [-0.3, -0.25) is 9.69 Å². The average Bonchev–Trinajstić information content (AvgIpc) is 3.05. The van der Waals surface area contributed by atoms with Gasteiger partial charge in [0.25, 0.3) is 5.91 Å². The van der Waals surface area contributed by atoms with E-state index in [9.17, 15) is 4.79 Å². The number of nitrogens with one attached hydrogen (secondary N) is 2. The molecule has 3 rings (SSSR count). The Morgan fingerprint density at radius 2 is 2.00 bits per heavy atom. The van der Waals surface area contributed by atoms with E-state index in [2.05, 4.69) is 32.7 Å². The van der Waals surface area contributed by atoms with Crippen molar-refractivity contribution >= 4 is 22.9 Å². The summed E-state index contributed by atoms with van der Waals surface area (Å²) in [6.07, 6.45) is 0.986. The molecule has 1 aliphatic rings. The number of benzene rings is 1. The molecule has 23 heavy (non-hydrogen) atoms. The van der Waals surface area contributed by atoms with Crippen LogP contribution >= 0.6 is 11.3 Å². The van der Waals surface area contributed by atoms with Gasteiger partial charge in [0.1, 0.15) is 5.01 Å². The Morgan fingerprint density at radius 3 is 2.70 bits per heavy atom. The van der Waals surface area contributed by atoms with Gasteiger partial charge < -0.3 is 10.6 Å². The Morgan fingerprint density at radius 1 is 1.26 bits per heavy atom. The van der Waals surface area contributed by atoms with E-state index >= 15 is 0 Å². The number of piperazine rings is 1. The molecule has 1 fully saturated rings. The van der Waals surface area contributed by atoms with Crippen molar-refractivity contribution in [1.82, 2.24) is 20.4 Å². The lowest BCUT2D eigenvalue weighted by molar-refractivity contribution is 0.102. The van der Waals surface area contributed by atoms with Gasteiger partial charge in [-0.25, -0.2) is 0 Å². The Kier molecular flexibility index (Phi) is 5.32. The van der Waals surface area contributed by atoms with Crippen molar-refractivity contribution in [3.05, 3.63) is 39.8 Å². The molecule has 1 aromatic heterocycles. The van der Waals surface area contributed by atoms with E-state index in [1.165, 1.54) is 16.9 Å². The second-order valence-electron chi connectivity index (χ2n) is 5.53. The lowest BCUT2D eigenvalue weighted by Crippen LogP contribution is -2.42. The van der Waals surface area contributed by atoms with Crippen LogP contribution in [0.25, 0.3) is 0 Å². The molecule has 0 radical (unpaired) electrons. The highest BCUT2D eigenvalue weighted by Crippen LogP contribution is 2.16. The van der Waals surface area contributed by atoms with Gasteiger partial charge in [0.15, 0.2) is 0 Å². The summed E-state index contributed by atoms with van der Waals surface area (Å²) in [5.41, 5.74) is 2.03. The number of amides is 1. The van der Waals surface area contributed by atoms with E-state index < -0.39 is 0 Å². The minimum absolute atomic E-state index is 0.196. The highest BCUT2D eigenvalue weighted by atomic mass is 32.1. The summed E-state index contributed by atoms with van der Waals surface area (Å²) < 4.78 is 0. The SMILES string of the molecule is CCc1ccc(NC(=O)c2nnc(CN3CCNCC3)s2)cc1. The van der Waals surface area contributed by atoms with Crippen molar-refractivity contribution in [3.8, 4) is 0 Å². The fraction of sp³-hybridized carbons (Fsp3) is 0.438. The first-order valence-corrected chi connectivity index (χ1v) is 8.72. The molecule has 0 spiro atoms. The van der Waals surface area contributed by atoms with Gasteiger partial charge in [-0.05, 0) is 24.1 Å². The maximum atomic E-state index is 12.2. The van der Waals surface area contributed by atoms with E-state index in [0.717, 1.165) is 49.8 Å². The molecule has 1 saturated heterocycles. The molecule has 2 aromatic rings. The second-order valence-corrected chi connectivity index (χ2v) is 6.59. The number of carbonyl (C=O) groups is 1. The maximum Gasteiger partial charge on any atom is 0.286 e. The van der Waals surface area contributed by atoms with Crippen LogP contribution in [0.3, 0.4) is 0 Å². The monoisotopic (exact) mass is 331 g/mol. The topological polar surface area (TPSA) is 70.2 Å². The number of aryl methyl sites for hydroxylation is 1. The van der Waals surface area contributed by atoms with Crippen LogP contribution < -0.4 is 10.6 Å². The maximum absolute atomic E-state index is 12.2. The molecular formula is C16H21N5OS. The molecule has 6 nitrogen and oxygen atoms in total. The predicted molar refractivity (Wildman–Crippen MR) is 91.8 cm³/mol. The number of hydrogen-bond acceptors (Lipinski definition) is 6. The van der Waals surface area contributed by atoms with Gasteiger partial charge in [0.05, 0.1) is 6.54 Å². The van der Waals surface area contributed by atoms with Crippen LogP contribution in [-0.2, 0) is 13.0 Å². The predicted octanol–water partition coefficient (Wildman–Crippen LogP) is 1.76. The summed E-state index contributed by atoms with van der Waals surface area (Å²) in [5.74, 6) is -0.196. The zero-order chi connectivity index (χ0) is 16.1. The van der Waals surface area contributed by atoms with Crippen LogP contribution in [-0.4, -0.2) is 47.2 Å². The van der Waals surface area contributed by atoms with E-state index in [0.29, 0.717) is 5.01 Å². The first-order chi connectivity index (χ1) is 11.2. The first-order valence-electron chi connectivity index (χ1n) is 7.90. The highest BCUT2D eigenvalue weighted by Gasteiger charge is 2.16. The first kappa shape index (κ1) is 16.0. The third kappa shape index (κ3) is 4.34. The Bertz CT molecular complexity index is 649. The molecular weight excluding hydrogens is 310 g/mol. The van der Waals surface area contributed by atoms with Crippen LogP contribution in [0.1, 0.15) is 27.3 Å². The summed E-state index contributed by atoms with van der Waals surface area (Å²) in [5, 5.41) is 15.7. The molecule has 1 aromatic carbocycles. The van der Waals surface area contributed by atoms with Gasteiger partial charge in [-0.2, -0.15) is 0 Å². The van der Waals surface area contributed by atoms with Gasteiger partial charge in [0.2, 0.25) is 5.01 Å². The van der Waals surface area contributed by atoms with E-state index in [-0.39, 0.29) is 5.91 Å². The standard InChI is InChI=1S/C16H21N5OS/c1-2-12-3-5-13(6-4-12)18-15(22)16-20-19-14(23-16)11-21-9-7-17-8-10-21/h3-6,17H,2,7-11H2,1H3,(H,18,22). The van der Waals surface area contributed by atoms with Crippen molar-refractivity contribution in [1.29, 1.82) is 0 Å². The van der Waals surface area contributed by atoms with Gasteiger partial charge in [0, 0.05) is 31.9 Å². The normalized spacial score (nSPS) is 15.5. The number of hydrogen-bond donors (Lipinski definition) is 2. The number of nitrogens with zero attached hydrogens (tertiary/aromatic N) is 3. The second kappa shape index (κ2) is 7.63. The lowest BCUT2D eigenvalue weighted by Gasteiger charge is -2.25. The van der Waals surface area contributed by atoms with Crippen molar-refractivity contribution in [2.24, 2.45) is 0 Å². The Hall–Kier alpha value is -1.83. The molecule has 1 amide bonds. The molecule has 0 saturated carbocycles. The summed E-state index contributed by atoms with van der Waals surface area (Å²) in [6.45, 7) is 6.88. The van der Waals surface area contributed by atoms with Crippen molar-refractivity contribution in [2.45, 2.75) is 19.9 Å². The van der Waals surface area contributed by atoms with E-state index in [1.807, 2.05) is 24.3 Å². The molecule has 122 valence electrons.